The van der Waals surface area contributed by atoms with Crippen molar-refractivity contribution in [2.45, 2.75) is 0 Å². The van der Waals surface area contributed by atoms with Crippen LogP contribution in [0.1, 0.15) is 0 Å². The number of rotatable bonds is 3. The van der Waals surface area contributed by atoms with Crippen LogP contribution in [0.3, 0.4) is 0 Å². The Balaban J connectivity index is 2.84. The zero-order chi connectivity index (χ0) is 12.8. The molecule has 1 rings (SSSR count). The number of nitro benzene ring substituents is 1. The van der Waals surface area contributed by atoms with Crippen LogP contribution in [0, 0.1) is 26.9 Å². The van der Waals surface area contributed by atoms with Crippen LogP contribution in [0.2, 0.25) is 0 Å². The Labute approximate surface area is 95.2 Å². The highest BCUT2D eigenvalue weighted by Gasteiger charge is 2.12. The van der Waals surface area contributed by atoms with Crippen molar-refractivity contribution in [1.29, 1.82) is 10.7 Å². The molecule has 0 aliphatic carbocycles. The summed E-state index contributed by atoms with van der Waals surface area (Å²) in [6.45, 7) is 0. The Kier molecular flexibility index (Phi) is 3.71. The number of nitro groups is 1. The first kappa shape index (κ1) is 12.1. The molecule has 0 spiro atoms. The molecule has 0 radical (unpaired) electrons. The number of benzene rings is 1. The molecule has 0 amide bonds. The zero-order valence-corrected chi connectivity index (χ0v) is 8.34. The second kappa shape index (κ2) is 5.21. The fourth-order valence-corrected chi connectivity index (χ4v) is 0.919. The Bertz CT molecular complexity index is 550. The highest BCUT2D eigenvalue weighted by molar-refractivity contribution is 6.02. The van der Waals surface area contributed by atoms with E-state index in [0.29, 0.717) is 0 Å². The van der Waals surface area contributed by atoms with Gasteiger partial charge in [0.05, 0.1) is 4.92 Å². The molecular weight excluding hydrogens is 226 g/mol. The van der Waals surface area contributed by atoms with E-state index in [1.165, 1.54) is 18.2 Å². The standard InChI is InChI=1S/C10H5N3O4/c11-5-7(6-12)10(14)17-9-3-1-8(2-4-9)13(15)16/h1-4,11H. The number of non-ortho nitro benzene ring substituents is 1. The molecule has 1 N–H and O–H groups in total. The molecule has 0 aromatic heterocycles. The molecule has 0 atom stereocenters. The van der Waals surface area contributed by atoms with Gasteiger partial charge < -0.3 is 4.74 Å². The highest BCUT2D eigenvalue weighted by atomic mass is 16.6. The topological polar surface area (TPSA) is 117 Å². The number of nitrogens with zero attached hydrogens (tertiary/aromatic N) is 2. The van der Waals surface area contributed by atoms with Crippen molar-refractivity contribution in [2.75, 3.05) is 0 Å². The van der Waals surface area contributed by atoms with Gasteiger partial charge in [-0.05, 0) is 12.1 Å². The largest absolute Gasteiger partial charge is 0.422 e. The van der Waals surface area contributed by atoms with Gasteiger partial charge in [-0.15, -0.1) is 0 Å². The number of hydrogen-bond donors (Lipinski definition) is 1. The van der Waals surface area contributed by atoms with Crippen molar-refractivity contribution in [3.8, 4) is 11.8 Å². The molecule has 0 heterocycles. The Morgan fingerprint density at radius 1 is 1.41 bits per heavy atom. The third-order valence-electron chi connectivity index (χ3n) is 1.70. The molecule has 0 aliphatic heterocycles. The summed E-state index contributed by atoms with van der Waals surface area (Å²) < 4.78 is 4.69. The SMILES string of the molecule is N#CC(=C=N)C(=O)Oc1ccc([N+](=O)[O-])cc1. The molecule has 1 aromatic carbocycles. The molecule has 7 nitrogen and oxygen atoms in total. The average molecular weight is 231 g/mol. The van der Waals surface area contributed by atoms with Crippen LogP contribution >= 0.6 is 0 Å². The first-order valence-electron chi connectivity index (χ1n) is 4.25. The maximum atomic E-state index is 11.2. The summed E-state index contributed by atoms with van der Waals surface area (Å²) in [5, 5.41) is 25.4. The summed E-state index contributed by atoms with van der Waals surface area (Å²) in [7, 11) is 0. The van der Waals surface area contributed by atoms with Crippen molar-refractivity contribution < 1.29 is 14.5 Å². The summed E-state index contributed by atoms with van der Waals surface area (Å²) in [5.74, 6) is 0.638. The zero-order valence-electron chi connectivity index (χ0n) is 8.34. The van der Waals surface area contributed by atoms with Gasteiger partial charge in [-0.25, -0.2) is 4.79 Å². The Hall–Kier alpha value is -2.97. The number of carbonyl (C=O) groups excluding carboxylic acids is 1. The van der Waals surface area contributed by atoms with Gasteiger partial charge in [0.2, 0.25) is 0 Å². The molecule has 17 heavy (non-hydrogen) atoms. The van der Waals surface area contributed by atoms with E-state index in [-0.39, 0.29) is 11.4 Å². The van der Waals surface area contributed by atoms with Gasteiger partial charge in [0.25, 0.3) is 5.69 Å². The van der Waals surface area contributed by atoms with Crippen LogP contribution in [0.4, 0.5) is 5.69 Å². The van der Waals surface area contributed by atoms with Gasteiger partial charge in [0.1, 0.15) is 11.8 Å². The summed E-state index contributed by atoms with van der Waals surface area (Å²) in [6.07, 6.45) is 0. The minimum atomic E-state index is -1.03. The second-order valence-corrected chi connectivity index (χ2v) is 2.75. The first-order valence-corrected chi connectivity index (χ1v) is 4.25. The number of ether oxygens (including phenoxy) is 1. The van der Waals surface area contributed by atoms with Crippen molar-refractivity contribution in [1.82, 2.24) is 0 Å². The van der Waals surface area contributed by atoms with Crippen molar-refractivity contribution >= 4 is 17.5 Å². The first-order chi connectivity index (χ1) is 8.08. The molecule has 84 valence electrons. The summed E-state index contributed by atoms with van der Waals surface area (Å²) >= 11 is 0. The molecule has 0 aliphatic rings. The fraction of sp³-hybridized carbons (Fsp3) is 0. The fourth-order valence-electron chi connectivity index (χ4n) is 0.919. The number of nitriles is 1. The average Bonchev–Trinajstić information content (AvgIpc) is 2.31. The van der Waals surface area contributed by atoms with Crippen molar-refractivity contribution in [3.63, 3.8) is 0 Å². The molecule has 0 unspecified atom stereocenters. The highest BCUT2D eigenvalue weighted by Crippen LogP contribution is 2.17. The smallest absolute Gasteiger partial charge is 0.363 e. The molecule has 0 fully saturated rings. The number of carbonyl (C=O) groups is 1. The number of esters is 1. The number of nitrogens with one attached hydrogen (secondary N) is 1. The van der Waals surface area contributed by atoms with E-state index in [0.717, 1.165) is 12.1 Å². The maximum Gasteiger partial charge on any atom is 0.363 e. The Morgan fingerprint density at radius 2 is 2.00 bits per heavy atom. The van der Waals surface area contributed by atoms with Crippen LogP contribution < -0.4 is 4.74 Å². The lowest BCUT2D eigenvalue weighted by atomic mass is 10.3. The minimum Gasteiger partial charge on any atom is -0.422 e. The van der Waals surface area contributed by atoms with Gasteiger partial charge in [-0.3, -0.25) is 15.5 Å². The van der Waals surface area contributed by atoms with Crippen molar-refractivity contribution in [2.24, 2.45) is 0 Å². The van der Waals surface area contributed by atoms with E-state index in [9.17, 15) is 14.9 Å². The predicted octanol–water partition coefficient (Wildman–Crippen LogP) is 1.20. The normalized spacial score (nSPS) is 8.65. The molecule has 0 saturated carbocycles. The number of hydrogen-bond acceptors (Lipinski definition) is 6. The van der Waals surface area contributed by atoms with Gasteiger partial charge in [-0.1, -0.05) is 0 Å². The van der Waals surface area contributed by atoms with Gasteiger partial charge in [0.15, 0.2) is 5.57 Å². The quantitative estimate of drug-likeness (QED) is 0.159. The summed E-state index contributed by atoms with van der Waals surface area (Å²) in [5.41, 5.74) is -0.726. The van der Waals surface area contributed by atoms with Crippen LogP contribution in [-0.4, -0.2) is 16.8 Å². The Morgan fingerprint density at radius 3 is 2.41 bits per heavy atom. The van der Waals surface area contributed by atoms with E-state index < -0.39 is 16.5 Å². The molecule has 0 bridgehead atoms. The lowest BCUT2D eigenvalue weighted by molar-refractivity contribution is -0.384. The second-order valence-electron chi connectivity index (χ2n) is 2.75. The summed E-state index contributed by atoms with van der Waals surface area (Å²) in [6, 6.07) is 6.18. The van der Waals surface area contributed by atoms with E-state index in [2.05, 4.69) is 4.74 Å². The minimum absolute atomic E-state index is 0.0450. The lowest BCUT2D eigenvalue weighted by Crippen LogP contribution is -2.10. The van der Waals surface area contributed by atoms with E-state index >= 15 is 0 Å². The van der Waals surface area contributed by atoms with Crippen LogP contribution in [0.25, 0.3) is 0 Å². The van der Waals surface area contributed by atoms with E-state index in [4.69, 9.17) is 10.7 Å². The van der Waals surface area contributed by atoms with Crippen LogP contribution in [0.5, 0.6) is 5.75 Å². The van der Waals surface area contributed by atoms with E-state index in [1.807, 2.05) is 0 Å². The molecule has 1 aromatic rings. The third kappa shape index (κ3) is 2.99. The monoisotopic (exact) mass is 231 g/mol. The molecule has 7 heteroatoms. The third-order valence-corrected chi connectivity index (χ3v) is 1.70. The van der Waals surface area contributed by atoms with Crippen LogP contribution in [0.15, 0.2) is 29.8 Å². The molecule has 0 saturated heterocycles. The lowest BCUT2D eigenvalue weighted by Gasteiger charge is -2.00. The summed E-state index contributed by atoms with van der Waals surface area (Å²) in [4.78, 5) is 21.0. The predicted molar refractivity (Wildman–Crippen MR) is 55.6 cm³/mol. The van der Waals surface area contributed by atoms with Gasteiger partial charge in [0, 0.05) is 18.0 Å². The van der Waals surface area contributed by atoms with Crippen molar-refractivity contribution in [3.05, 3.63) is 40.0 Å². The van der Waals surface area contributed by atoms with Crippen LogP contribution in [-0.2, 0) is 4.79 Å². The maximum absolute atomic E-state index is 11.2. The van der Waals surface area contributed by atoms with Gasteiger partial charge >= 0.3 is 5.97 Å². The van der Waals surface area contributed by atoms with E-state index in [1.54, 1.807) is 5.87 Å². The molecular formula is C10H5N3O4. The van der Waals surface area contributed by atoms with Gasteiger partial charge in [-0.2, -0.15) is 5.26 Å².